The monoisotopic (exact) mass is 358 g/mol. The van der Waals surface area contributed by atoms with Gasteiger partial charge >= 0.3 is 0 Å². The molecule has 1 aliphatic carbocycles. The lowest BCUT2D eigenvalue weighted by Gasteiger charge is -2.22. The Morgan fingerprint density at radius 3 is 2.44 bits per heavy atom. The predicted molar refractivity (Wildman–Crippen MR) is 85.4 cm³/mol. The molecule has 1 unspecified atom stereocenters. The summed E-state index contributed by atoms with van der Waals surface area (Å²) in [7, 11) is 0. The van der Waals surface area contributed by atoms with Crippen molar-refractivity contribution < 1.29 is 22.4 Å². The van der Waals surface area contributed by atoms with Crippen LogP contribution < -0.4 is 0 Å². The summed E-state index contributed by atoms with van der Waals surface area (Å²) in [5.41, 5.74) is -0.204. The van der Waals surface area contributed by atoms with E-state index in [9.17, 15) is 22.4 Å². The average Bonchev–Trinajstić information content (AvgIpc) is 3.24. The number of carbonyl (C=O) groups excluding carboxylic acids is 1. The molecule has 1 amide bonds. The molecule has 1 aromatic carbocycles. The van der Waals surface area contributed by atoms with Gasteiger partial charge in [0.25, 0.3) is 5.92 Å². The molecular weight excluding hydrogens is 336 g/mol. The first-order valence-electron chi connectivity index (χ1n) is 8.67. The van der Waals surface area contributed by atoms with Crippen LogP contribution in [0.3, 0.4) is 0 Å². The number of carbonyl (C=O) groups is 1. The maximum absolute atomic E-state index is 13.7. The van der Waals surface area contributed by atoms with E-state index in [1.54, 1.807) is 4.90 Å². The number of nitrogens with zero attached hydrogens (tertiary/aromatic N) is 2. The first-order valence-corrected chi connectivity index (χ1v) is 8.67. The van der Waals surface area contributed by atoms with Crippen molar-refractivity contribution in [1.82, 2.24) is 9.80 Å². The minimum Gasteiger partial charge on any atom is -0.341 e. The summed E-state index contributed by atoms with van der Waals surface area (Å²) in [5.74, 6) is -4.72. The summed E-state index contributed by atoms with van der Waals surface area (Å²) in [4.78, 5) is 16.1. The fourth-order valence-corrected chi connectivity index (χ4v) is 3.33. The van der Waals surface area contributed by atoms with Crippen molar-refractivity contribution >= 4 is 5.91 Å². The molecule has 1 aromatic rings. The van der Waals surface area contributed by atoms with Crippen molar-refractivity contribution in [2.75, 3.05) is 32.7 Å². The summed E-state index contributed by atoms with van der Waals surface area (Å²) >= 11 is 0. The van der Waals surface area contributed by atoms with E-state index in [2.05, 4.69) is 4.90 Å². The fraction of sp³-hybridized carbons (Fsp3) is 0.611. The SMILES string of the molecule is O=C(Cc1c(F)cccc1F)N1CCCN(CCC2CC2(F)F)CC1. The maximum atomic E-state index is 13.7. The Labute approximate surface area is 144 Å². The van der Waals surface area contributed by atoms with Crippen molar-refractivity contribution in [3.8, 4) is 0 Å². The predicted octanol–water partition coefficient (Wildman–Crippen LogP) is 3.09. The third-order valence-electron chi connectivity index (χ3n) is 5.08. The Morgan fingerprint density at radius 1 is 1.12 bits per heavy atom. The lowest BCUT2D eigenvalue weighted by molar-refractivity contribution is -0.130. The van der Waals surface area contributed by atoms with E-state index in [0.717, 1.165) is 25.1 Å². The van der Waals surface area contributed by atoms with Crippen molar-refractivity contribution in [3.05, 3.63) is 35.4 Å². The number of rotatable bonds is 5. The molecule has 3 rings (SSSR count). The van der Waals surface area contributed by atoms with E-state index in [4.69, 9.17) is 0 Å². The zero-order valence-corrected chi connectivity index (χ0v) is 14.0. The highest BCUT2D eigenvalue weighted by Crippen LogP contribution is 2.50. The summed E-state index contributed by atoms with van der Waals surface area (Å²) in [6, 6.07) is 3.55. The van der Waals surface area contributed by atoms with E-state index in [1.807, 2.05) is 0 Å². The molecule has 2 aliphatic rings. The highest BCUT2D eigenvalue weighted by molar-refractivity contribution is 5.79. The van der Waals surface area contributed by atoms with Gasteiger partial charge in [0, 0.05) is 37.5 Å². The number of hydrogen-bond acceptors (Lipinski definition) is 2. The summed E-state index contributed by atoms with van der Waals surface area (Å²) in [6.07, 6.45) is 0.889. The number of hydrogen-bond donors (Lipinski definition) is 0. The number of alkyl halides is 2. The van der Waals surface area contributed by atoms with Crippen LogP contribution in [0.4, 0.5) is 17.6 Å². The van der Waals surface area contributed by atoms with Crippen LogP contribution in [0.1, 0.15) is 24.8 Å². The van der Waals surface area contributed by atoms with Crippen LogP contribution in [0.25, 0.3) is 0 Å². The van der Waals surface area contributed by atoms with Gasteiger partial charge in [0.15, 0.2) is 0 Å². The highest BCUT2D eigenvalue weighted by Gasteiger charge is 2.56. The van der Waals surface area contributed by atoms with E-state index < -0.39 is 23.5 Å². The van der Waals surface area contributed by atoms with E-state index in [1.165, 1.54) is 6.07 Å². The van der Waals surface area contributed by atoms with Gasteiger partial charge in [-0.3, -0.25) is 4.79 Å². The van der Waals surface area contributed by atoms with Gasteiger partial charge in [-0.15, -0.1) is 0 Å². The van der Waals surface area contributed by atoms with E-state index in [-0.39, 0.29) is 24.3 Å². The molecule has 1 heterocycles. The second-order valence-corrected chi connectivity index (χ2v) is 6.90. The lowest BCUT2D eigenvalue weighted by atomic mass is 10.1. The number of halogens is 4. The summed E-state index contributed by atoms with van der Waals surface area (Å²) in [6.45, 7) is 2.92. The Hall–Kier alpha value is -1.63. The fourth-order valence-electron chi connectivity index (χ4n) is 3.33. The zero-order valence-electron chi connectivity index (χ0n) is 14.0. The number of amides is 1. The Bertz CT molecular complexity index is 617. The highest BCUT2D eigenvalue weighted by atomic mass is 19.3. The molecule has 1 saturated heterocycles. The molecule has 0 aromatic heterocycles. The summed E-state index contributed by atoms with van der Waals surface area (Å²) in [5, 5.41) is 0. The smallest absolute Gasteiger partial charge is 0.251 e. The molecule has 0 N–H and O–H groups in total. The Kier molecular flexibility index (Phi) is 5.32. The quantitative estimate of drug-likeness (QED) is 0.756. The summed E-state index contributed by atoms with van der Waals surface area (Å²) < 4.78 is 53.2. The molecule has 138 valence electrons. The first kappa shape index (κ1) is 18.2. The topological polar surface area (TPSA) is 23.6 Å². The van der Waals surface area contributed by atoms with Gasteiger partial charge in [-0.05, 0) is 38.1 Å². The minimum absolute atomic E-state index is 0.0142. The standard InChI is InChI=1S/C18H22F4N2O/c19-15-3-1-4-16(20)14(15)11-17(25)24-7-2-6-23(9-10-24)8-5-13-12-18(13,21)22/h1,3-4,13H,2,5-12H2. The van der Waals surface area contributed by atoms with E-state index in [0.29, 0.717) is 32.6 Å². The van der Waals surface area contributed by atoms with Crippen LogP contribution in [-0.4, -0.2) is 54.4 Å². The normalized spacial score (nSPS) is 23.4. The molecule has 25 heavy (non-hydrogen) atoms. The van der Waals surface area contributed by atoms with Gasteiger partial charge in [0.2, 0.25) is 5.91 Å². The first-order chi connectivity index (χ1) is 11.9. The van der Waals surface area contributed by atoms with Crippen molar-refractivity contribution in [2.45, 2.75) is 31.6 Å². The van der Waals surface area contributed by atoms with Gasteiger partial charge in [-0.25, -0.2) is 17.6 Å². The largest absolute Gasteiger partial charge is 0.341 e. The van der Waals surface area contributed by atoms with E-state index >= 15 is 0 Å². The second kappa shape index (κ2) is 7.32. The van der Waals surface area contributed by atoms with Crippen LogP contribution in [0, 0.1) is 17.6 Å². The van der Waals surface area contributed by atoms with Gasteiger partial charge in [0.1, 0.15) is 11.6 Å². The Balaban J connectivity index is 1.49. The molecule has 1 atom stereocenters. The molecule has 1 aliphatic heterocycles. The molecule has 0 radical (unpaired) electrons. The molecule has 1 saturated carbocycles. The van der Waals surface area contributed by atoms with Gasteiger partial charge in [-0.2, -0.15) is 0 Å². The van der Waals surface area contributed by atoms with Crippen LogP contribution in [0.2, 0.25) is 0 Å². The van der Waals surface area contributed by atoms with Crippen molar-refractivity contribution in [3.63, 3.8) is 0 Å². The second-order valence-electron chi connectivity index (χ2n) is 6.90. The molecular formula is C18H22F4N2O. The van der Waals surface area contributed by atoms with Crippen LogP contribution in [0.5, 0.6) is 0 Å². The van der Waals surface area contributed by atoms with Gasteiger partial charge < -0.3 is 9.80 Å². The van der Waals surface area contributed by atoms with Crippen molar-refractivity contribution in [2.24, 2.45) is 5.92 Å². The van der Waals surface area contributed by atoms with Crippen LogP contribution in [0.15, 0.2) is 18.2 Å². The Morgan fingerprint density at radius 2 is 1.80 bits per heavy atom. The minimum atomic E-state index is -2.49. The molecule has 7 heteroatoms. The number of benzene rings is 1. The zero-order chi connectivity index (χ0) is 18.0. The van der Waals surface area contributed by atoms with Crippen LogP contribution in [-0.2, 0) is 11.2 Å². The average molecular weight is 358 g/mol. The van der Waals surface area contributed by atoms with Gasteiger partial charge in [-0.1, -0.05) is 6.07 Å². The molecule has 3 nitrogen and oxygen atoms in total. The molecule has 0 bridgehead atoms. The third kappa shape index (κ3) is 4.51. The molecule has 0 spiro atoms. The molecule has 2 fully saturated rings. The lowest BCUT2D eigenvalue weighted by Crippen LogP contribution is -2.36. The maximum Gasteiger partial charge on any atom is 0.251 e. The van der Waals surface area contributed by atoms with Crippen molar-refractivity contribution in [1.29, 1.82) is 0 Å². The third-order valence-corrected chi connectivity index (χ3v) is 5.08. The van der Waals surface area contributed by atoms with Crippen LogP contribution >= 0.6 is 0 Å². The van der Waals surface area contributed by atoms with Gasteiger partial charge in [0.05, 0.1) is 6.42 Å².